The number of anilines is 1. The molecule has 0 amide bonds. The van der Waals surface area contributed by atoms with Crippen molar-refractivity contribution >= 4 is 16.0 Å². The van der Waals surface area contributed by atoms with E-state index in [4.69, 9.17) is 4.52 Å². The fraction of sp³-hybridized carbons (Fsp3) is 0.263. The van der Waals surface area contributed by atoms with E-state index in [2.05, 4.69) is 10.1 Å². The zero-order valence-electron chi connectivity index (χ0n) is 15.2. The van der Waals surface area contributed by atoms with E-state index in [9.17, 15) is 12.8 Å². The van der Waals surface area contributed by atoms with Gasteiger partial charge in [-0.2, -0.15) is 9.29 Å². The normalized spacial score (nSPS) is 15.7. The van der Waals surface area contributed by atoms with Gasteiger partial charge in [0.2, 0.25) is 15.8 Å². The van der Waals surface area contributed by atoms with Crippen molar-refractivity contribution in [3.63, 3.8) is 0 Å². The molecule has 0 aliphatic carbocycles. The lowest BCUT2D eigenvalue weighted by Gasteiger charge is -2.32. The average Bonchev–Trinajstić information content (AvgIpc) is 3.19. The number of nitrogens with zero attached hydrogens (tertiary/aromatic N) is 4. The second kappa shape index (κ2) is 7.33. The summed E-state index contributed by atoms with van der Waals surface area (Å²) in [5.41, 5.74) is 2.00. The Morgan fingerprint density at radius 1 is 0.964 bits per heavy atom. The Labute approximate surface area is 162 Å². The van der Waals surface area contributed by atoms with Gasteiger partial charge in [-0.05, 0) is 31.2 Å². The van der Waals surface area contributed by atoms with E-state index >= 15 is 0 Å². The summed E-state index contributed by atoms with van der Waals surface area (Å²) >= 11 is 0. The van der Waals surface area contributed by atoms with E-state index in [0.717, 1.165) is 23.3 Å². The lowest BCUT2D eigenvalue weighted by atomic mass is 10.1. The zero-order valence-corrected chi connectivity index (χ0v) is 16.1. The summed E-state index contributed by atoms with van der Waals surface area (Å²) in [7, 11) is -3.65. The predicted molar refractivity (Wildman–Crippen MR) is 102 cm³/mol. The van der Waals surface area contributed by atoms with E-state index in [0.29, 0.717) is 24.9 Å². The summed E-state index contributed by atoms with van der Waals surface area (Å²) in [6.07, 6.45) is 0. The van der Waals surface area contributed by atoms with Gasteiger partial charge in [-0.25, -0.2) is 12.8 Å². The molecule has 0 spiro atoms. The van der Waals surface area contributed by atoms with Crippen molar-refractivity contribution in [1.29, 1.82) is 0 Å². The first-order valence-corrected chi connectivity index (χ1v) is 10.3. The fourth-order valence-corrected chi connectivity index (χ4v) is 4.46. The van der Waals surface area contributed by atoms with Crippen LogP contribution in [0.25, 0.3) is 11.4 Å². The number of rotatable bonds is 4. The largest absolute Gasteiger partial charge is 0.324 e. The van der Waals surface area contributed by atoms with E-state index in [1.165, 1.54) is 16.4 Å². The Morgan fingerprint density at radius 3 is 2.25 bits per heavy atom. The van der Waals surface area contributed by atoms with Gasteiger partial charge >= 0.3 is 6.01 Å². The van der Waals surface area contributed by atoms with Crippen LogP contribution in [0.1, 0.15) is 5.56 Å². The quantitative estimate of drug-likeness (QED) is 0.668. The molecule has 9 heteroatoms. The Hall–Kier alpha value is -2.78. The molecule has 1 fully saturated rings. The Kier molecular flexibility index (Phi) is 4.86. The third kappa shape index (κ3) is 3.63. The monoisotopic (exact) mass is 402 g/mol. The molecule has 0 saturated carbocycles. The SMILES string of the molecule is Cc1ccc(-c2noc(N3CCN(S(=O)(=O)c4ccc(F)cc4)CC3)n2)cc1. The van der Waals surface area contributed by atoms with Crippen LogP contribution in [-0.2, 0) is 10.0 Å². The van der Waals surface area contributed by atoms with Crippen molar-refractivity contribution in [3.05, 3.63) is 59.9 Å². The molecule has 7 nitrogen and oxygen atoms in total. The van der Waals surface area contributed by atoms with Gasteiger partial charge in [0.15, 0.2) is 0 Å². The van der Waals surface area contributed by atoms with Gasteiger partial charge in [0.25, 0.3) is 0 Å². The number of hydrogen-bond donors (Lipinski definition) is 0. The van der Waals surface area contributed by atoms with Crippen LogP contribution in [0.4, 0.5) is 10.4 Å². The number of halogens is 1. The average molecular weight is 402 g/mol. The molecule has 1 aromatic heterocycles. The van der Waals surface area contributed by atoms with Crippen LogP contribution in [0.5, 0.6) is 0 Å². The Bertz CT molecular complexity index is 1060. The van der Waals surface area contributed by atoms with Crippen molar-refractivity contribution in [2.45, 2.75) is 11.8 Å². The second-order valence-electron chi connectivity index (χ2n) is 6.61. The summed E-state index contributed by atoms with van der Waals surface area (Å²) < 4.78 is 45.2. The molecule has 1 aliphatic heterocycles. The molecule has 1 aliphatic rings. The summed E-state index contributed by atoms with van der Waals surface area (Å²) in [5.74, 6) is 0.0286. The highest BCUT2D eigenvalue weighted by Crippen LogP contribution is 2.23. The maximum absolute atomic E-state index is 13.1. The molecule has 0 N–H and O–H groups in total. The van der Waals surface area contributed by atoms with Crippen molar-refractivity contribution in [2.75, 3.05) is 31.1 Å². The number of benzene rings is 2. The lowest BCUT2D eigenvalue weighted by molar-refractivity contribution is 0.355. The lowest BCUT2D eigenvalue weighted by Crippen LogP contribution is -2.48. The second-order valence-corrected chi connectivity index (χ2v) is 8.55. The van der Waals surface area contributed by atoms with Gasteiger partial charge in [0, 0.05) is 31.7 Å². The smallest absolute Gasteiger partial charge is 0.322 e. The maximum Gasteiger partial charge on any atom is 0.324 e. The highest BCUT2D eigenvalue weighted by molar-refractivity contribution is 7.89. The minimum Gasteiger partial charge on any atom is -0.322 e. The number of hydrogen-bond acceptors (Lipinski definition) is 6. The van der Waals surface area contributed by atoms with Crippen LogP contribution in [0.15, 0.2) is 57.9 Å². The Balaban J connectivity index is 1.44. The maximum atomic E-state index is 13.1. The van der Waals surface area contributed by atoms with Gasteiger partial charge in [-0.15, -0.1) is 0 Å². The number of aryl methyl sites for hydroxylation is 1. The number of piperazine rings is 1. The highest BCUT2D eigenvalue weighted by Gasteiger charge is 2.30. The number of aromatic nitrogens is 2. The molecule has 0 bridgehead atoms. The van der Waals surface area contributed by atoms with Crippen molar-refractivity contribution < 1.29 is 17.3 Å². The van der Waals surface area contributed by atoms with Crippen LogP contribution in [0, 0.1) is 12.7 Å². The molecule has 2 aromatic carbocycles. The zero-order chi connectivity index (χ0) is 19.7. The van der Waals surface area contributed by atoms with Crippen LogP contribution in [0.2, 0.25) is 0 Å². The van der Waals surface area contributed by atoms with Gasteiger partial charge in [0.1, 0.15) is 5.82 Å². The minimum absolute atomic E-state index is 0.0850. The van der Waals surface area contributed by atoms with Gasteiger partial charge < -0.3 is 9.42 Å². The van der Waals surface area contributed by atoms with Crippen molar-refractivity contribution in [2.24, 2.45) is 0 Å². The van der Waals surface area contributed by atoms with Crippen molar-refractivity contribution in [1.82, 2.24) is 14.4 Å². The molecule has 0 unspecified atom stereocenters. The predicted octanol–water partition coefficient (Wildman–Crippen LogP) is 2.70. The highest BCUT2D eigenvalue weighted by atomic mass is 32.2. The topological polar surface area (TPSA) is 79.5 Å². The minimum atomic E-state index is -3.65. The molecule has 0 radical (unpaired) electrons. The van der Waals surface area contributed by atoms with Crippen LogP contribution in [-0.4, -0.2) is 49.0 Å². The standard InChI is InChI=1S/C19H19FN4O3S/c1-14-2-4-15(5-3-14)18-21-19(27-22-18)23-10-12-24(13-11-23)28(25,26)17-8-6-16(20)7-9-17/h2-9H,10-13H2,1H3. The third-order valence-electron chi connectivity index (χ3n) is 4.69. The van der Waals surface area contributed by atoms with E-state index in [1.807, 2.05) is 36.1 Å². The molecule has 2 heterocycles. The molecule has 28 heavy (non-hydrogen) atoms. The van der Waals surface area contributed by atoms with E-state index < -0.39 is 15.8 Å². The molecule has 3 aromatic rings. The van der Waals surface area contributed by atoms with Gasteiger partial charge in [-0.1, -0.05) is 35.0 Å². The molecular formula is C19H19FN4O3S. The van der Waals surface area contributed by atoms with E-state index in [1.54, 1.807) is 0 Å². The third-order valence-corrected chi connectivity index (χ3v) is 6.60. The van der Waals surface area contributed by atoms with Crippen LogP contribution >= 0.6 is 0 Å². The molecular weight excluding hydrogens is 383 g/mol. The molecule has 1 saturated heterocycles. The van der Waals surface area contributed by atoms with Gasteiger partial charge in [0.05, 0.1) is 4.90 Å². The van der Waals surface area contributed by atoms with E-state index in [-0.39, 0.29) is 18.0 Å². The first-order chi connectivity index (χ1) is 13.4. The van der Waals surface area contributed by atoms with Crippen LogP contribution < -0.4 is 4.90 Å². The summed E-state index contributed by atoms with van der Waals surface area (Å²) in [4.78, 5) is 6.37. The summed E-state index contributed by atoms with van der Waals surface area (Å²) in [6, 6.07) is 13.0. The van der Waals surface area contributed by atoms with Crippen molar-refractivity contribution in [3.8, 4) is 11.4 Å². The molecule has 0 atom stereocenters. The van der Waals surface area contributed by atoms with Gasteiger partial charge in [-0.3, -0.25) is 0 Å². The molecule has 146 valence electrons. The first kappa shape index (κ1) is 18.6. The fourth-order valence-electron chi connectivity index (χ4n) is 3.04. The number of sulfonamides is 1. The Morgan fingerprint density at radius 2 is 1.61 bits per heavy atom. The summed E-state index contributed by atoms with van der Waals surface area (Å²) in [5, 5.41) is 4.02. The summed E-state index contributed by atoms with van der Waals surface area (Å²) in [6.45, 7) is 3.42. The molecule has 4 rings (SSSR count). The first-order valence-electron chi connectivity index (χ1n) is 8.85. The van der Waals surface area contributed by atoms with Crippen LogP contribution in [0.3, 0.4) is 0 Å².